The molecule has 0 radical (unpaired) electrons. The number of fused-ring (bicyclic) bond motifs is 1. The van der Waals surface area contributed by atoms with Crippen molar-refractivity contribution in [1.29, 1.82) is 0 Å². The summed E-state index contributed by atoms with van der Waals surface area (Å²) in [5.41, 5.74) is 7.36. The van der Waals surface area contributed by atoms with Crippen LogP contribution in [0.15, 0.2) is 58.8 Å². The summed E-state index contributed by atoms with van der Waals surface area (Å²) in [5.74, 6) is -1.65. The van der Waals surface area contributed by atoms with Gasteiger partial charge in [0.2, 0.25) is 11.8 Å². The third-order valence-corrected chi connectivity index (χ3v) is 7.73. The molecule has 2 heterocycles. The maximum absolute atomic E-state index is 14.0. The minimum atomic E-state index is -0.812. The van der Waals surface area contributed by atoms with Crippen molar-refractivity contribution in [3.8, 4) is 0 Å². The van der Waals surface area contributed by atoms with Crippen molar-refractivity contribution in [3.63, 3.8) is 0 Å². The zero-order valence-corrected chi connectivity index (χ0v) is 22.5. The van der Waals surface area contributed by atoms with E-state index in [-0.39, 0.29) is 30.2 Å². The van der Waals surface area contributed by atoms with Gasteiger partial charge in [-0.3, -0.25) is 14.4 Å². The van der Waals surface area contributed by atoms with Crippen LogP contribution in [0.1, 0.15) is 61.6 Å². The van der Waals surface area contributed by atoms with Crippen molar-refractivity contribution in [2.45, 2.75) is 51.9 Å². The number of halogens is 1. The second kappa shape index (κ2) is 11.5. The van der Waals surface area contributed by atoms with Gasteiger partial charge in [-0.15, -0.1) is 0 Å². The first kappa shape index (κ1) is 27.0. The fourth-order valence-electron chi connectivity index (χ4n) is 5.55. The average Bonchev–Trinajstić information content (AvgIpc) is 3.13. The Labute approximate surface area is 224 Å². The van der Waals surface area contributed by atoms with Crippen LogP contribution in [0.5, 0.6) is 0 Å². The van der Waals surface area contributed by atoms with E-state index in [0.717, 1.165) is 22.3 Å². The molecule has 196 valence electrons. The number of rotatable bonds is 6. The highest BCUT2D eigenvalue weighted by Crippen LogP contribution is 2.40. The molecule has 0 saturated carbocycles. The van der Waals surface area contributed by atoms with Crippen molar-refractivity contribution in [2.75, 3.05) is 26.2 Å². The number of amides is 2. The number of nitrogens with zero attached hydrogens (tertiary/aromatic N) is 2. The molecule has 0 spiro atoms. The highest BCUT2D eigenvalue weighted by atomic mass is 35.5. The molecule has 1 fully saturated rings. The second-order valence-corrected chi connectivity index (χ2v) is 11.1. The van der Waals surface area contributed by atoms with Crippen LogP contribution in [0.2, 0.25) is 0 Å². The van der Waals surface area contributed by atoms with E-state index in [1.54, 1.807) is 15.9 Å². The summed E-state index contributed by atoms with van der Waals surface area (Å²) in [4.78, 5) is 42.1. The number of carboxylic acid groups (broad SMARTS) is 1. The molecule has 0 aromatic heterocycles. The first-order valence-corrected chi connectivity index (χ1v) is 13.4. The lowest BCUT2D eigenvalue weighted by Crippen LogP contribution is -2.47. The number of benzene rings is 1. The second-order valence-electron chi connectivity index (χ2n) is 10.7. The van der Waals surface area contributed by atoms with E-state index in [2.05, 4.69) is 31.7 Å². The number of hydrogen-bond acceptors (Lipinski definition) is 3. The first-order valence-electron chi connectivity index (χ1n) is 13.0. The Morgan fingerprint density at radius 2 is 1.84 bits per heavy atom. The lowest BCUT2D eigenvalue weighted by atomic mass is 9.81. The predicted molar refractivity (Wildman–Crippen MR) is 144 cm³/mol. The van der Waals surface area contributed by atoms with E-state index in [1.165, 1.54) is 0 Å². The van der Waals surface area contributed by atoms with Gasteiger partial charge in [-0.05, 0) is 49.3 Å². The molecule has 2 atom stereocenters. The number of piperidine rings is 1. The summed E-state index contributed by atoms with van der Waals surface area (Å²) in [6.07, 6.45) is 9.11. The molecule has 1 saturated heterocycles. The van der Waals surface area contributed by atoms with E-state index in [9.17, 15) is 19.5 Å². The molecule has 6 nitrogen and oxygen atoms in total. The van der Waals surface area contributed by atoms with Crippen molar-refractivity contribution >= 4 is 29.4 Å². The molecule has 0 bridgehead atoms. The van der Waals surface area contributed by atoms with Crippen LogP contribution in [0.3, 0.4) is 0 Å². The monoisotopic (exact) mass is 522 g/mol. The number of carbonyl (C=O) groups excluding carboxylic acids is 2. The smallest absolute Gasteiger partial charge is 0.306 e. The standard InChI is InChI=1S/C30H35ClN2O4/c1-19(2)14-26-24-9-8-20(3)15-25(24)27(22-6-4-5-7-23(31)16-22)17-33(29(26)35)18-28(34)32-12-10-21(11-13-32)30(36)37/h4-9,15,19,21,26-27H,10-14,17-18H2,1-3H3,(H,36,37). The van der Waals surface area contributed by atoms with Crippen molar-refractivity contribution in [2.24, 2.45) is 11.8 Å². The predicted octanol–water partition coefficient (Wildman–Crippen LogP) is 5.15. The fourth-order valence-corrected chi connectivity index (χ4v) is 5.73. The van der Waals surface area contributed by atoms with Crippen LogP contribution in [0, 0.1) is 18.8 Å². The Balaban J connectivity index is 1.70. The number of aryl methyl sites for hydroxylation is 1. The van der Waals surface area contributed by atoms with Gasteiger partial charge in [0.05, 0.1) is 23.4 Å². The Morgan fingerprint density at radius 3 is 2.51 bits per heavy atom. The fraction of sp³-hybridized carbons (Fsp3) is 0.467. The van der Waals surface area contributed by atoms with Crippen molar-refractivity contribution in [1.82, 2.24) is 9.80 Å². The number of carbonyl (C=O) groups is 3. The molecule has 4 rings (SSSR count). The third-order valence-electron chi connectivity index (χ3n) is 7.50. The zero-order valence-electron chi connectivity index (χ0n) is 21.7. The number of carboxylic acids is 1. The maximum atomic E-state index is 14.0. The molecule has 2 amide bonds. The highest BCUT2D eigenvalue weighted by Gasteiger charge is 2.38. The van der Waals surface area contributed by atoms with Crippen LogP contribution >= 0.6 is 11.6 Å². The van der Waals surface area contributed by atoms with Crippen LogP contribution in [-0.2, 0) is 14.4 Å². The third kappa shape index (κ3) is 6.26. The van der Waals surface area contributed by atoms with E-state index in [1.807, 2.05) is 31.2 Å². The summed E-state index contributed by atoms with van der Waals surface area (Å²) in [5, 5.41) is 9.80. The van der Waals surface area contributed by atoms with Gasteiger partial charge in [-0.2, -0.15) is 0 Å². The summed E-state index contributed by atoms with van der Waals surface area (Å²) in [6, 6.07) is 6.26. The van der Waals surface area contributed by atoms with E-state index in [4.69, 9.17) is 11.6 Å². The maximum Gasteiger partial charge on any atom is 0.306 e. The van der Waals surface area contributed by atoms with Gasteiger partial charge in [0.25, 0.3) is 0 Å². The highest BCUT2D eigenvalue weighted by molar-refractivity contribution is 6.31. The number of hydrogen-bond donors (Lipinski definition) is 1. The molecule has 1 aromatic carbocycles. The van der Waals surface area contributed by atoms with Crippen LogP contribution in [0.25, 0.3) is 0 Å². The van der Waals surface area contributed by atoms with E-state index < -0.39 is 11.9 Å². The Bertz CT molecular complexity index is 1200. The topological polar surface area (TPSA) is 77.9 Å². The van der Waals surface area contributed by atoms with Gasteiger partial charge in [-0.25, -0.2) is 0 Å². The minimum Gasteiger partial charge on any atom is -0.481 e. The van der Waals surface area contributed by atoms with Gasteiger partial charge in [0.15, 0.2) is 0 Å². The molecule has 7 heteroatoms. The Morgan fingerprint density at radius 1 is 1.14 bits per heavy atom. The molecule has 1 N–H and O–H groups in total. The summed E-state index contributed by atoms with van der Waals surface area (Å²) >= 11 is 6.39. The molecule has 2 aliphatic heterocycles. The quantitative estimate of drug-likeness (QED) is 0.524. The summed E-state index contributed by atoms with van der Waals surface area (Å²) in [6.45, 7) is 7.37. The van der Waals surface area contributed by atoms with Gasteiger partial charge in [0, 0.05) is 31.1 Å². The Hall–Kier alpha value is -3.08. The van der Waals surface area contributed by atoms with Gasteiger partial charge in [0.1, 0.15) is 0 Å². The minimum absolute atomic E-state index is 0.0265. The number of likely N-dealkylation sites (tertiary alicyclic amines) is 1. The molecule has 2 unspecified atom stereocenters. The van der Waals surface area contributed by atoms with Crippen LogP contribution in [0.4, 0.5) is 0 Å². The summed E-state index contributed by atoms with van der Waals surface area (Å²) in [7, 11) is 0. The average molecular weight is 523 g/mol. The van der Waals surface area contributed by atoms with Crippen molar-refractivity contribution < 1.29 is 19.5 Å². The van der Waals surface area contributed by atoms with E-state index in [0.29, 0.717) is 49.8 Å². The van der Waals surface area contributed by atoms with Gasteiger partial charge < -0.3 is 14.9 Å². The number of allylic oxidation sites excluding steroid dienone is 4. The molecule has 1 aromatic rings. The normalized spacial score (nSPS) is 22.4. The first-order chi connectivity index (χ1) is 17.6. The lowest BCUT2D eigenvalue weighted by molar-refractivity contribution is -0.147. The molecular weight excluding hydrogens is 488 g/mol. The number of aliphatic carboxylic acids is 1. The largest absolute Gasteiger partial charge is 0.481 e. The summed E-state index contributed by atoms with van der Waals surface area (Å²) < 4.78 is 0. The van der Waals surface area contributed by atoms with Gasteiger partial charge in [-0.1, -0.05) is 73.2 Å². The Kier molecular flexibility index (Phi) is 8.41. The molecule has 3 aliphatic rings. The molecular formula is C30H35ClN2O4. The van der Waals surface area contributed by atoms with Crippen molar-refractivity contribution in [3.05, 3.63) is 75.5 Å². The lowest BCUT2D eigenvalue weighted by Gasteiger charge is -2.33. The van der Waals surface area contributed by atoms with Crippen LogP contribution < -0.4 is 0 Å². The van der Waals surface area contributed by atoms with Gasteiger partial charge >= 0.3 is 5.97 Å². The zero-order chi connectivity index (χ0) is 26.7. The molecule has 1 aliphatic carbocycles. The SMILES string of the molecule is Cc1ccc2c(c1)C(C1=C=C(Cl)C=CC=C1)CN(CC(=O)N1CCC(C(=O)O)CC1)C(=O)C2CC(C)C. The van der Waals surface area contributed by atoms with Crippen LogP contribution in [-0.4, -0.2) is 58.9 Å². The van der Waals surface area contributed by atoms with E-state index >= 15 is 0 Å². The molecule has 37 heavy (non-hydrogen) atoms.